The number of rotatable bonds is 5. The van der Waals surface area contributed by atoms with E-state index in [9.17, 15) is 9.59 Å². The number of hydrogen-bond donors (Lipinski definition) is 2. The molecule has 1 aromatic heterocycles. The van der Waals surface area contributed by atoms with Crippen molar-refractivity contribution in [2.75, 3.05) is 5.32 Å². The fourth-order valence-corrected chi connectivity index (χ4v) is 2.50. The van der Waals surface area contributed by atoms with Gasteiger partial charge in [0.25, 0.3) is 0 Å². The van der Waals surface area contributed by atoms with Crippen LogP contribution in [0.4, 0.5) is 5.82 Å². The summed E-state index contributed by atoms with van der Waals surface area (Å²) in [6, 6.07) is 11.1. The zero-order valence-corrected chi connectivity index (χ0v) is 13.1. The smallest absolute Gasteiger partial charge is 0.241 e. The van der Waals surface area contributed by atoms with Crippen LogP contribution in [0, 0.1) is 12.3 Å². The Kier molecular flexibility index (Phi) is 3.90. The van der Waals surface area contributed by atoms with Gasteiger partial charge in [0.1, 0.15) is 11.2 Å². The molecule has 1 fully saturated rings. The van der Waals surface area contributed by atoms with E-state index < -0.39 is 5.41 Å². The zero-order valence-electron chi connectivity index (χ0n) is 13.1. The maximum Gasteiger partial charge on any atom is 0.241 e. The Morgan fingerprint density at radius 1 is 1.22 bits per heavy atom. The number of carbonyl (C=O) groups excluding carboxylic acids is 2. The molecule has 1 unspecified atom stereocenters. The zero-order chi connectivity index (χ0) is 16.4. The van der Waals surface area contributed by atoms with E-state index in [2.05, 4.69) is 15.8 Å². The van der Waals surface area contributed by atoms with Gasteiger partial charge in [0.15, 0.2) is 5.82 Å². The minimum absolute atomic E-state index is 0.150. The first-order chi connectivity index (χ1) is 11.0. The average molecular weight is 313 g/mol. The van der Waals surface area contributed by atoms with Gasteiger partial charge in [-0.05, 0) is 32.3 Å². The molecule has 0 radical (unpaired) electrons. The summed E-state index contributed by atoms with van der Waals surface area (Å²) in [4.78, 5) is 24.9. The lowest BCUT2D eigenvalue weighted by atomic mass is 10.0. The molecule has 120 valence electrons. The molecule has 1 heterocycles. The molecule has 1 saturated carbocycles. The third-order valence-electron chi connectivity index (χ3n) is 4.14. The lowest BCUT2D eigenvalue weighted by Crippen LogP contribution is -2.41. The van der Waals surface area contributed by atoms with Crippen LogP contribution in [-0.4, -0.2) is 17.0 Å². The number of hydrogen-bond acceptors (Lipinski definition) is 4. The summed E-state index contributed by atoms with van der Waals surface area (Å²) >= 11 is 0. The average Bonchev–Trinajstić information content (AvgIpc) is 3.27. The summed E-state index contributed by atoms with van der Waals surface area (Å²) in [6.07, 6.45) is 1.09. The number of nitrogens with zero attached hydrogens (tertiary/aromatic N) is 1. The molecule has 1 aliphatic carbocycles. The first kappa shape index (κ1) is 15.3. The lowest BCUT2D eigenvalue weighted by molar-refractivity contribution is -0.134. The predicted molar refractivity (Wildman–Crippen MR) is 84.5 cm³/mol. The summed E-state index contributed by atoms with van der Waals surface area (Å²) in [5.41, 5.74) is 0.0137. The van der Waals surface area contributed by atoms with Gasteiger partial charge < -0.3 is 15.2 Å². The molecule has 0 saturated heterocycles. The van der Waals surface area contributed by atoms with Crippen molar-refractivity contribution in [3.05, 3.63) is 47.7 Å². The second-order valence-electron chi connectivity index (χ2n) is 5.96. The van der Waals surface area contributed by atoms with Gasteiger partial charge in [-0.25, -0.2) is 0 Å². The second kappa shape index (κ2) is 5.87. The molecule has 0 aliphatic heterocycles. The highest BCUT2D eigenvalue weighted by Crippen LogP contribution is 2.47. The Bertz CT molecular complexity index is 720. The SMILES string of the molecule is Cc1cc(NC(=O)C2(C(=O)NC(C)c3ccccc3)CC2)no1. The van der Waals surface area contributed by atoms with Crippen molar-refractivity contribution in [3.63, 3.8) is 0 Å². The van der Waals surface area contributed by atoms with Crippen molar-refractivity contribution >= 4 is 17.6 Å². The maximum atomic E-state index is 12.5. The van der Waals surface area contributed by atoms with Crippen LogP contribution in [0.2, 0.25) is 0 Å². The Morgan fingerprint density at radius 2 is 1.91 bits per heavy atom. The van der Waals surface area contributed by atoms with Crippen LogP contribution < -0.4 is 10.6 Å². The van der Waals surface area contributed by atoms with Crippen molar-refractivity contribution < 1.29 is 14.1 Å². The number of aromatic nitrogens is 1. The van der Waals surface area contributed by atoms with E-state index >= 15 is 0 Å². The number of amides is 2. The van der Waals surface area contributed by atoms with Crippen molar-refractivity contribution in [2.45, 2.75) is 32.7 Å². The van der Waals surface area contributed by atoms with Crippen molar-refractivity contribution in [3.8, 4) is 0 Å². The van der Waals surface area contributed by atoms with Crippen LogP contribution in [-0.2, 0) is 9.59 Å². The maximum absolute atomic E-state index is 12.5. The molecule has 2 amide bonds. The topological polar surface area (TPSA) is 84.2 Å². The van der Waals surface area contributed by atoms with Crippen LogP contribution in [0.1, 0.15) is 37.1 Å². The Hall–Kier alpha value is -2.63. The van der Waals surface area contributed by atoms with Crippen LogP contribution in [0.15, 0.2) is 40.9 Å². The van der Waals surface area contributed by atoms with Gasteiger partial charge in [0.05, 0.1) is 6.04 Å². The molecule has 23 heavy (non-hydrogen) atoms. The normalized spacial score (nSPS) is 16.4. The summed E-state index contributed by atoms with van der Waals surface area (Å²) in [5, 5.41) is 9.31. The molecule has 1 aromatic carbocycles. The van der Waals surface area contributed by atoms with Gasteiger partial charge in [0, 0.05) is 6.07 Å². The summed E-state index contributed by atoms with van der Waals surface area (Å²) < 4.78 is 4.92. The van der Waals surface area contributed by atoms with E-state index in [0.717, 1.165) is 5.56 Å². The molecule has 6 nitrogen and oxygen atoms in total. The molecule has 1 aliphatic rings. The highest BCUT2D eigenvalue weighted by molar-refractivity contribution is 6.12. The van der Waals surface area contributed by atoms with Gasteiger partial charge >= 0.3 is 0 Å². The van der Waals surface area contributed by atoms with E-state index in [1.54, 1.807) is 13.0 Å². The number of anilines is 1. The highest BCUT2D eigenvalue weighted by atomic mass is 16.5. The monoisotopic (exact) mass is 313 g/mol. The third-order valence-corrected chi connectivity index (χ3v) is 4.14. The van der Waals surface area contributed by atoms with Gasteiger partial charge in [-0.2, -0.15) is 0 Å². The van der Waals surface area contributed by atoms with Crippen LogP contribution in [0.5, 0.6) is 0 Å². The van der Waals surface area contributed by atoms with E-state index in [1.165, 1.54) is 0 Å². The van der Waals surface area contributed by atoms with Gasteiger partial charge in [-0.1, -0.05) is 35.5 Å². The minimum atomic E-state index is -0.990. The lowest BCUT2D eigenvalue weighted by Gasteiger charge is -2.19. The highest BCUT2D eigenvalue weighted by Gasteiger charge is 2.56. The Balaban J connectivity index is 1.65. The predicted octanol–water partition coefficient (Wildman–Crippen LogP) is 2.58. The summed E-state index contributed by atoms with van der Waals surface area (Å²) in [5.74, 6) is 0.366. The molecule has 6 heteroatoms. The molecular weight excluding hydrogens is 294 g/mol. The molecule has 2 aromatic rings. The number of aryl methyl sites for hydroxylation is 1. The largest absolute Gasteiger partial charge is 0.360 e. The van der Waals surface area contributed by atoms with Crippen molar-refractivity contribution in [1.82, 2.24) is 10.5 Å². The fraction of sp³-hybridized carbons (Fsp3) is 0.353. The second-order valence-corrected chi connectivity index (χ2v) is 5.96. The number of carbonyl (C=O) groups is 2. The minimum Gasteiger partial charge on any atom is -0.360 e. The standard InChI is InChI=1S/C17H19N3O3/c1-11-10-14(20-23-11)19-16(22)17(8-9-17)15(21)18-12(2)13-6-4-3-5-7-13/h3-7,10,12H,8-9H2,1-2H3,(H,18,21)(H,19,20,22). The van der Waals surface area contributed by atoms with E-state index in [0.29, 0.717) is 24.4 Å². The summed E-state index contributed by atoms with van der Waals surface area (Å²) in [6.45, 7) is 3.64. The number of nitrogens with one attached hydrogen (secondary N) is 2. The first-order valence-electron chi connectivity index (χ1n) is 7.62. The molecule has 0 bridgehead atoms. The van der Waals surface area contributed by atoms with Crippen molar-refractivity contribution in [2.24, 2.45) is 5.41 Å². The molecule has 0 spiro atoms. The Labute approximate surface area is 134 Å². The quantitative estimate of drug-likeness (QED) is 0.831. The van der Waals surface area contributed by atoms with E-state index in [4.69, 9.17) is 4.52 Å². The first-order valence-corrected chi connectivity index (χ1v) is 7.62. The van der Waals surface area contributed by atoms with Crippen molar-refractivity contribution in [1.29, 1.82) is 0 Å². The fourth-order valence-electron chi connectivity index (χ4n) is 2.50. The van der Waals surface area contributed by atoms with Gasteiger partial charge in [-0.3, -0.25) is 9.59 Å². The molecule has 1 atom stereocenters. The molecule has 2 N–H and O–H groups in total. The van der Waals surface area contributed by atoms with Crippen LogP contribution >= 0.6 is 0 Å². The van der Waals surface area contributed by atoms with Crippen LogP contribution in [0.3, 0.4) is 0 Å². The number of benzene rings is 1. The van der Waals surface area contributed by atoms with Crippen LogP contribution in [0.25, 0.3) is 0 Å². The van der Waals surface area contributed by atoms with Gasteiger partial charge in [0.2, 0.25) is 11.8 Å². The molecule has 3 rings (SSSR count). The van der Waals surface area contributed by atoms with E-state index in [-0.39, 0.29) is 17.9 Å². The van der Waals surface area contributed by atoms with Gasteiger partial charge in [-0.15, -0.1) is 0 Å². The Morgan fingerprint density at radius 3 is 2.48 bits per heavy atom. The third kappa shape index (κ3) is 3.11. The molecular formula is C17H19N3O3. The summed E-state index contributed by atoms with van der Waals surface area (Å²) in [7, 11) is 0. The van der Waals surface area contributed by atoms with E-state index in [1.807, 2.05) is 37.3 Å².